The number of ether oxygens (including phenoxy) is 2. The van der Waals surface area contributed by atoms with Gasteiger partial charge in [0.1, 0.15) is 17.0 Å². The number of aromatic nitrogens is 1. The van der Waals surface area contributed by atoms with Crippen LogP contribution in [0.5, 0.6) is 11.5 Å². The highest BCUT2D eigenvalue weighted by Gasteiger charge is 2.21. The van der Waals surface area contributed by atoms with Gasteiger partial charge < -0.3 is 14.0 Å². The Morgan fingerprint density at radius 3 is 2.43 bits per heavy atom. The Morgan fingerprint density at radius 2 is 1.71 bits per heavy atom. The van der Waals surface area contributed by atoms with Crippen molar-refractivity contribution in [1.82, 2.24) is 10.6 Å². The molecule has 0 unspecified atom stereocenters. The molecule has 0 aliphatic heterocycles. The van der Waals surface area contributed by atoms with E-state index in [0.29, 0.717) is 40.5 Å². The first-order valence-electron chi connectivity index (χ1n) is 11.0. The van der Waals surface area contributed by atoms with Gasteiger partial charge in [-0.05, 0) is 49.7 Å². The molecule has 3 aromatic carbocycles. The third kappa shape index (κ3) is 5.62. The minimum atomic E-state index is -0.487. The predicted molar refractivity (Wildman–Crippen MR) is 131 cm³/mol. The van der Waals surface area contributed by atoms with Crippen LogP contribution in [-0.2, 0) is 0 Å². The van der Waals surface area contributed by atoms with Crippen LogP contribution >= 0.6 is 0 Å². The molecule has 8 heteroatoms. The van der Waals surface area contributed by atoms with E-state index in [0.717, 1.165) is 5.56 Å². The summed E-state index contributed by atoms with van der Waals surface area (Å²) in [7, 11) is 0. The van der Waals surface area contributed by atoms with Crippen LogP contribution in [0.4, 0.5) is 0 Å². The van der Waals surface area contributed by atoms with Gasteiger partial charge in [-0.3, -0.25) is 4.79 Å². The fourth-order valence-electron chi connectivity index (χ4n) is 3.34. The number of esters is 1. The normalized spacial score (nSPS) is 10.8. The molecule has 1 N–H and O–H groups in total. The van der Waals surface area contributed by atoms with E-state index in [-0.39, 0.29) is 5.75 Å². The summed E-state index contributed by atoms with van der Waals surface area (Å²) in [6, 6.07) is 23.0. The third-order valence-electron chi connectivity index (χ3n) is 5.00. The van der Waals surface area contributed by atoms with E-state index in [1.807, 2.05) is 43.3 Å². The lowest BCUT2D eigenvalue weighted by atomic mass is 10.1. The Kier molecular flexibility index (Phi) is 7.32. The monoisotopic (exact) mass is 469 g/mol. The largest absolute Gasteiger partial charge is 0.490 e. The summed E-state index contributed by atoms with van der Waals surface area (Å²) in [5.74, 6) is 0.124. The quantitative estimate of drug-likeness (QED) is 0.168. The molecule has 0 saturated carbocycles. The lowest BCUT2D eigenvalue weighted by Gasteiger charge is -2.11. The van der Waals surface area contributed by atoms with Crippen LogP contribution < -0.4 is 14.9 Å². The van der Waals surface area contributed by atoms with Crippen LogP contribution in [0, 0.1) is 6.92 Å². The molecule has 0 aliphatic carbocycles. The van der Waals surface area contributed by atoms with E-state index in [1.165, 1.54) is 6.21 Å². The Balaban J connectivity index is 1.48. The maximum atomic E-state index is 12.8. The van der Waals surface area contributed by atoms with Crippen molar-refractivity contribution in [2.24, 2.45) is 5.10 Å². The molecular weight excluding hydrogens is 446 g/mol. The van der Waals surface area contributed by atoms with E-state index in [9.17, 15) is 9.59 Å². The van der Waals surface area contributed by atoms with Crippen molar-refractivity contribution in [2.45, 2.75) is 13.8 Å². The molecule has 0 radical (unpaired) electrons. The van der Waals surface area contributed by atoms with Gasteiger partial charge in [0, 0.05) is 5.56 Å². The number of carbonyl (C=O) groups is 2. The van der Waals surface area contributed by atoms with Crippen LogP contribution in [0.15, 0.2) is 88.5 Å². The summed E-state index contributed by atoms with van der Waals surface area (Å²) < 4.78 is 16.4. The fourth-order valence-corrected chi connectivity index (χ4v) is 3.34. The standard InChI is InChI=1S/C27H23N3O5/c1-3-33-23-16-19(14-15-22(23)34-27(32)21-12-8-5-9-13-21)17-28-29-26(31)24-18(2)35-30-25(24)20-10-6-4-7-11-20/h4-17H,3H2,1-2H3,(H,29,31)/b28-17-. The van der Waals surface area contributed by atoms with Gasteiger partial charge in [-0.1, -0.05) is 53.7 Å². The van der Waals surface area contributed by atoms with Gasteiger partial charge in [0.05, 0.1) is 18.4 Å². The van der Waals surface area contributed by atoms with Crippen molar-refractivity contribution in [2.75, 3.05) is 6.61 Å². The summed E-state index contributed by atoms with van der Waals surface area (Å²) in [6.45, 7) is 3.87. The first-order valence-corrected chi connectivity index (χ1v) is 11.0. The number of hydrogen-bond donors (Lipinski definition) is 1. The Bertz CT molecular complexity index is 1350. The lowest BCUT2D eigenvalue weighted by Crippen LogP contribution is -2.18. The van der Waals surface area contributed by atoms with Gasteiger partial charge >= 0.3 is 5.97 Å². The van der Waals surface area contributed by atoms with Crippen molar-refractivity contribution in [3.8, 4) is 22.8 Å². The van der Waals surface area contributed by atoms with E-state index < -0.39 is 11.9 Å². The SMILES string of the molecule is CCOc1cc(/C=N\NC(=O)c2c(-c3ccccc3)noc2C)ccc1OC(=O)c1ccccc1. The molecular formula is C27H23N3O5. The van der Waals surface area contributed by atoms with Gasteiger partial charge in [0.15, 0.2) is 11.5 Å². The summed E-state index contributed by atoms with van der Waals surface area (Å²) in [4.78, 5) is 25.2. The highest BCUT2D eigenvalue weighted by molar-refractivity contribution is 6.01. The average Bonchev–Trinajstić information content (AvgIpc) is 3.28. The van der Waals surface area contributed by atoms with Crippen LogP contribution in [0.25, 0.3) is 11.3 Å². The number of carbonyl (C=O) groups excluding carboxylic acids is 2. The summed E-state index contributed by atoms with van der Waals surface area (Å²) in [5, 5.41) is 8.07. The number of hydrogen-bond acceptors (Lipinski definition) is 7. The smallest absolute Gasteiger partial charge is 0.343 e. The predicted octanol–water partition coefficient (Wildman–Crippen LogP) is 5.03. The zero-order chi connectivity index (χ0) is 24.6. The van der Waals surface area contributed by atoms with Gasteiger partial charge in [-0.15, -0.1) is 0 Å². The number of hydrazone groups is 1. The van der Waals surface area contributed by atoms with Crippen molar-refractivity contribution >= 4 is 18.1 Å². The highest BCUT2D eigenvalue weighted by atomic mass is 16.6. The van der Waals surface area contributed by atoms with Crippen molar-refractivity contribution in [3.63, 3.8) is 0 Å². The number of aryl methyl sites for hydroxylation is 1. The number of nitrogens with zero attached hydrogens (tertiary/aromatic N) is 2. The molecule has 1 heterocycles. The van der Waals surface area contributed by atoms with Crippen molar-refractivity contribution in [3.05, 3.63) is 101 Å². The van der Waals surface area contributed by atoms with Gasteiger partial charge in [-0.2, -0.15) is 5.10 Å². The first-order chi connectivity index (χ1) is 17.1. The number of amides is 1. The lowest BCUT2D eigenvalue weighted by molar-refractivity contribution is 0.0728. The summed E-state index contributed by atoms with van der Waals surface area (Å²) in [6.07, 6.45) is 1.47. The fraction of sp³-hybridized carbons (Fsp3) is 0.111. The zero-order valence-corrected chi connectivity index (χ0v) is 19.2. The second kappa shape index (κ2) is 10.9. The van der Waals surface area contributed by atoms with E-state index >= 15 is 0 Å². The maximum Gasteiger partial charge on any atom is 0.343 e. The van der Waals surface area contributed by atoms with E-state index in [1.54, 1.807) is 49.4 Å². The van der Waals surface area contributed by atoms with Gasteiger partial charge in [0.25, 0.3) is 5.91 Å². The third-order valence-corrected chi connectivity index (χ3v) is 5.00. The van der Waals surface area contributed by atoms with Crippen LogP contribution in [0.1, 0.15) is 39.0 Å². The topological polar surface area (TPSA) is 103 Å². The van der Waals surface area contributed by atoms with Crippen LogP contribution in [0.3, 0.4) is 0 Å². The van der Waals surface area contributed by atoms with Crippen LogP contribution in [0.2, 0.25) is 0 Å². The number of rotatable bonds is 8. The highest BCUT2D eigenvalue weighted by Crippen LogP contribution is 2.29. The Hall–Kier alpha value is -4.72. The average molecular weight is 469 g/mol. The number of nitrogens with one attached hydrogen (secondary N) is 1. The molecule has 4 aromatic rings. The molecule has 1 aromatic heterocycles. The molecule has 0 bridgehead atoms. The molecule has 0 saturated heterocycles. The molecule has 0 atom stereocenters. The second-order valence-electron chi connectivity index (χ2n) is 7.42. The van der Waals surface area contributed by atoms with Crippen LogP contribution in [-0.4, -0.2) is 29.9 Å². The Labute approximate surface area is 202 Å². The molecule has 35 heavy (non-hydrogen) atoms. The molecule has 4 rings (SSSR count). The number of benzene rings is 3. The van der Waals surface area contributed by atoms with Crippen molar-refractivity contribution < 1.29 is 23.6 Å². The summed E-state index contributed by atoms with van der Waals surface area (Å²) >= 11 is 0. The maximum absolute atomic E-state index is 12.8. The van der Waals surface area contributed by atoms with Gasteiger partial charge in [-0.25, -0.2) is 10.2 Å². The molecule has 8 nitrogen and oxygen atoms in total. The Morgan fingerprint density at radius 1 is 1.00 bits per heavy atom. The minimum absolute atomic E-state index is 0.287. The summed E-state index contributed by atoms with van der Waals surface area (Å²) in [5.41, 5.74) is 5.10. The van der Waals surface area contributed by atoms with E-state index in [4.69, 9.17) is 14.0 Å². The molecule has 0 aliphatic rings. The van der Waals surface area contributed by atoms with Gasteiger partial charge in [0.2, 0.25) is 0 Å². The minimum Gasteiger partial charge on any atom is -0.490 e. The zero-order valence-electron chi connectivity index (χ0n) is 19.2. The first kappa shape index (κ1) is 23.4. The molecule has 176 valence electrons. The van der Waals surface area contributed by atoms with Crippen molar-refractivity contribution in [1.29, 1.82) is 0 Å². The molecule has 1 amide bonds. The molecule has 0 spiro atoms. The van der Waals surface area contributed by atoms with E-state index in [2.05, 4.69) is 15.7 Å². The second-order valence-corrected chi connectivity index (χ2v) is 7.42. The molecule has 0 fully saturated rings.